The molecule has 1 unspecified atom stereocenters. The number of nitrogens with one attached hydrogen (secondary N) is 1. The average molecular weight is 248 g/mol. The van der Waals surface area contributed by atoms with E-state index in [2.05, 4.69) is 17.2 Å². The first kappa shape index (κ1) is 12.6. The maximum absolute atomic E-state index is 12.9. The summed E-state index contributed by atoms with van der Waals surface area (Å²) in [6.07, 6.45) is 3.60. The predicted molar refractivity (Wildman–Crippen MR) is 70.0 cm³/mol. The van der Waals surface area contributed by atoms with Gasteiger partial charge in [0.1, 0.15) is 11.7 Å². The van der Waals surface area contributed by atoms with Gasteiger partial charge in [-0.2, -0.15) is 0 Å². The lowest BCUT2D eigenvalue weighted by Crippen LogP contribution is -2.51. The van der Waals surface area contributed by atoms with Gasteiger partial charge in [-0.25, -0.2) is 9.38 Å². The Morgan fingerprint density at radius 3 is 2.61 bits per heavy atom. The summed E-state index contributed by atoms with van der Waals surface area (Å²) in [5.74, 6) is -1.04. The molecule has 1 aliphatic heterocycles. The number of hydrogen-bond acceptors (Lipinski definition) is 4. The number of halogens is 1. The topological polar surface area (TPSA) is 76.4 Å². The Morgan fingerprint density at radius 1 is 1.33 bits per heavy atom. The number of allylic oxidation sites excluding steroid dienone is 1. The molecule has 96 valence electrons. The molecular weight excluding hydrogens is 231 g/mol. The average Bonchev–Trinajstić information content (AvgIpc) is 2.28. The van der Waals surface area contributed by atoms with E-state index in [1.165, 1.54) is 12.1 Å². The Hall–Kier alpha value is -1.88. The van der Waals surface area contributed by atoms with Crippen molar-refractivity contribution >= 4 is 5.84 Å². The van der Waals surface area contributed by atoms with Crippen LogP contribution in [0.2, 0.25) is 0 Å². The second kappa shape index (κ2) is 4.78. The Morgan fingerprint density at radius 2 is 2.00 bits per heavy atom. The van der Waals surface area contributed by atoms with Crippen molar-refractivity contribution in [3.63, 3.8) is 0 Å². The van der Waals surface area contributed by atoms with Gasteiger partial charge in [0.05, 0.1) is 0 Å². The van der Waals surface area contributed by atoms with Crippen molar-refractivity contribution in [2.24, 2.45) is 16.5 Å². The van der Waals surface area contributed by atoms with E-state index in [9.17, 15) is 4.39 Å². The number of nitrogens with two attached hydrogens (primary N) is 2. The van der Waals surface area contributed by atoms with Gasteiger partial charge in [0, 0.05) is 11.3 Å². The standard InChI is InChI=1S/C13H17FN4/c1-2-3-11-8-12(15)18-13(16,17-11)9-4-6-10(14)7-5-9/h4-8,17H,2-3,16H2,1H3,(H2,15,18). The van der Waals surface area contributed by atoms with E-state index >= 15 is 0 Å². The molecule has 0 spiro atoms. The summed E-state index contributed by atoms with van der Waals surface area (Å²) >= 11 is 0. The van der Waals surface area contributed by atoms with E-state index < -0.39 is 5.79 Å². The largest absolute Gasteiger partial charge is 0.384 e. The van der Waals surface area contributed by atoms with Crippen molar-refractivity contribution in [1.82, 2.24) is 5.32 Å². The van der Waals surface area contributed by atoms with Crippen LogP contribution in [0.1, 0.15) is 25.3 Å². The fourth-order valence-electron chi connectivity index (χ4n) is 1.97. The van der Waals surface area contributed by atoms with Gasteiger partial charge >= 0.3 is 0 Å². The maximum atomic E-state index is 12.9. The fourth-order valence-corrected chi connectivity index (χ4v) is 1.97. The molecule has 1 heterocycles. The summed E-state index contributed by atoms with van der Waals surface area (Å²) < 4.78 is 12.9. The second-order valence-electron chi connectivity index (χ2n) is 4.35. The van der Waals surface area contributed by atoms with Gasteiger partial charge in [-0.1, -0.05) is 25.5 Å². The third-order valence-electron chi connectivity index (χ3n) is 2.78. The normalized spacial score (nSPS) is 23.1. The second-order valence-corrected chi connectivity index (χ2v) is 4.35. The lowest BCUT2D eigenvalue weighted by molar-refractivity contribution is 0.386. The van der Waals surface area contributed by atoms with Crippen LogP contribution in [0.4, 0.5) is 4.39 Å². The minimum absolute atomic E-state index is 0.306. The van der Waals surface area contributed by atoms with Crippen molar-refractivity contribution < 1.29 is 4.39 Å². The molecule has 0 saturated carbocycles. The minimum atomic E-state index is -1.11. The van der Waals surface area contributed by atoms with Crippen LogP contribution < -0.4 is 16.8 Å². The number of aliphatic imine (C=N–C) groups is 1. The van der Waals surface area contributed by atoms with Crippen LogP contribution in [0.5, 0.6) is 0 Å². The van der Waals surface area contributed by atoms with E-state index in [-0.39, 0.29) is 5.82 Å². The molecule has 0 saturated heterocycles. The quantitative estimate of drug-likeness (QED) is 0.759. The van der Waals surface area contributed by atoms with Crippen molar-refractivity contribution in [2.75, 3.05) is 0 Å². The van der Waals surface area contributed by atoms with Gasteiger partial charge in [-0.05, 0) is 24.6 Å². The van der Waals surface area contributed by atoms with Crippen LogP contribution in [0.3, 0.4) is 0 Å². The fraction of sp³-hybridized carbons (Fsp3) is 0.308. The highest BCUT2D eigenvalue weighted by atomic mass is 19.1. The number of hydrogen-bond donors (Lipinski definition) is 3. The molecule has 0 fully saturated rings. The SMILES string of the molecule is CCCC1=CC(N)=NC(N)(c2ccc(F)cc2)N1. The molecular formula is C13H17FN4. The smallest absolute Gasteiger partial charge is 0.211 e. The van der Waals surface area contributed by atoms with E-state index in [0.717, 1.165) is 18.5 Å². The lowest BCUT2D eigenvalue weighted by atomic mass is 10.1. The van der Waals surface area contributed by atoms with Crippen LogP contribution in [0, 0.1) is 5.82 Å². The molecule has 0 aliphatic carbocycles. The van der Waals surface area contributed by atoms with Crippen LogP contribution in [0.25, 0.3) is 0 Å². The Labute approximate surface area is 106 Å². The van der Waals surface area contributed by atoms with Gasteiger partial charge in [0.2, 0.25) is 5.79 Å². The zero-order valence-electron chi connectivity index (χ0n) is 10.3. The summed E-state index contributed by atoms with van der Waals surface area (Å²) in [5.41, 5.74) is 13.6. The molecule has 0 aromatic heterocycles. The lowest BCUT2D eigenvalue weighted by Gasteiger charge is -2.32. The van der Waals surface area contributed by atoms with E-state index in [4.69, 9.17) is 11.5 Å². The summed E-state index contributed by atoms with van der Waals surface area (Å²) in [5, 5.41) is 3.15. The molecule has 1 atom stereocenters. The van der Waals surface area contributed by atoms with Crippen LogP contribution in [-0.4, -0.2) is 5.84 Å². The molecule has 0 radical (unpaired) electrons. The van der Waals surface area contributed by atoms with Crippen LogP contribution in [-0.2, 0) is 5.79 Å². The molecule has 1 aromatic rings. The zero-order valence-corrected chi connectivity index (χ0v) is 10.3. The number of nitrogens with zero attached hydrogens (tertiary/aromatic N) is 1. The molecule has 0 bridgehead atoms. The van der Waals surface area contributed by atoms with Gasteiger partial charge in [-0.15, -0.1) is 0 Å². The van der Waals surface area contributed by atoms with E-state index in [0.29, 0.717) is 11.4 Å². The third kappa shape index (κ3) is 2.51. The zero-order chi connectivity index (χ0) is 13.2. The highest BCUT2D eigenvalue weighted by molar-refractivity contribution is 5.93. The van der Waals surface area contributed by atoms with E-state index in [1.807, 2.05) is 0 Å². The van der Waals surface area contributed by atoms with Gasteiger partial charge in [0.25, 0.3) is 0 Å². The highest BCUT2D eigenvalue weighted by Crippen LogP contribution is 2.23. The number of benzene rings is 1. The van der Waals surface area contributed by atoms with Gasteiger partial charge in [0.15, 0.2) is 0 Å². The van der Waals surface area contributed by atoms with Crippen molar-refractivity contribution in [3.8, 4) is 0 Å². The first-order valence-electron chi connectivity index (χ1n) is 5.92. The third-order valence-corrected chi connectivity index (χ3v) is 2.78. The summed E-state index contributed by atoms with van der Waals surface area (Å²) in [6.45, 7) is 2.07. The number of rotatable bonds is 3. The first-order valence-corrected chi connectivity index (χ1v) is 5.92. The Kier molecular flexibility index (Phi) is 3.34. The van der Waals surface area contributed by atoms with Crippen LogP contribution in [0.15, 0.2) is 41.0 Å². The molecule has 2 rings (SSSR count). The predicted octanol–water partition coefficient (Wildman–Crippen LogP) is 1.54. The van der Waals surface area contributed by atoms with Gasteiger partial charge < -0.3 is 11.1 Å². The van der Waals surface area contributed by atoms with Gasteiger partial charge in [-0.3, -0.25) is 5.73 Å². The van der Waals surface area contributed by atoms with Crippen molar-refractivity contribution in [1.29, 1.82) is 0 Å². The first-order chi connectivity index (χ1) is 8.53. The monoisotopic (exact) mass is 248 g/mol. The van der Waals surface area contributed by atoms with Crippen LogP contribution >= 0.6 is 0 Å². The van der Waals surface area contributed by atoms with E-state index in [1.54, 1.807) is 18.2 Å². The molecule has 4 nitrogen and oxygen atoms in total. The minimum Gasteiger partial charge on any atom is -0.384 e. The summed E-state index contributed by atoms with van der Waals surface area (Å²) in [7, 11) is 0. The molecule has 5 heteroatoms. The molecule has 1 aliphatic rings. The molecule has 1 aromatic carbocycles. The van der Waals surface area contributed by atoms with Crippen molar-refractivity contribution in [3.05, 3.63) is 47.4 Å². The number of amidine groups is 1. The maximum Gasteiger partial charge on any atom is 0.211 e. The Bertz CT molecular complexity index is 492. The molecule has 5 N–H and O–H groups in total. The van der Waals surface area contributed by atoms with Crippen molar-refractivity contribution in [2.45, 2.75) is 25.6 Å². The summed E-state index contributed by atoms with van der Waals surface area (Å²) in [4.78, 5) is 4.21. The Balaban J connectivity index is 2.32. The summed E-state index contributed by atoms with van der Waals surface area (Å²) in [6, 6.07) is 5.92. The molecule has 18 heavy (non-hydrogen) atoms. The highest BCUT2D eigenvalue weighted by Gasteiger charge is 2.29. The molecule has 0 amide bonds.